The van der Waals surface area contributed by atoms with E-state index >= 15 is 0 Å². The van der Waals surface area contributed by atoms with E-state index in [0.717, 1.165) is 23.5 Å². The first-order chi connectivity index (χ1) is 12.0. The molecule has 0 saturated carbocycles. The third kappa shape index (κ3) is 3.87. The Labute approximate surface area is 150 Å². The van der Waals surface area contributed by atoms with Crippen molar-refractivity contribution in [3.63, 3.8) is 0 Å². The van der Waals surface area contributed by atoms with Gasteiger partial charge < -0.3 is 10.0 Å². The largest absolute Gasteiger partial charge is 0.477 e. The molecule has 0 bridgehead atoms. The number of hydrogen-bond donors (Lipinski definition) is 1. The van der Waals surface area contributed by atoms with E-state index in [4.69, 9.17) is 10.1 Å². The summed E-state index contributed by atoms with van der Waals surface area (Å²) in [6.07, 6.45) is 3.31. The second kappa shape index (κ2) is 7.31. The minimum absolute atomic E-state index is 0.0583. The molecule has 1 aliphatic rings. The number of pyridine rings is 1. The summed E-state index contributed by atoms with van der Waals surface area (Å²) in [6, 6.07) is 2.90. The predicted octanol–water partition coefficient (Wildman–Crippen LogP) is 3.38. The first-order valence-electron chi connectivity index (χ1n) is 8.39. The fourth-order valence-corrected chi connectivity index (χ4v) is 4.06. The second-order valence-corrected chi connectivity index (χ2v) is 7.48. The quantitative estimate of drug-likeness (QED) is 0.905. The van der Waals surface area contributed by atoms with E-state index in [-0.39, 0.29) is 17.5 Å². The van der Waals surface area contributed by atoms with Gasteiger partial charge in [-0.25, -0.2) is 14.8 Å². The highest BCUT2D eigenvalue weighted by atomic mass is 32.1. The summed E-state index contributed by atoms with van der Waals surface area (Å²) in [5.74, 6) is -0.525. The van der Waals surface area contributed by atoms with E-state index in [2.05, 4.69) is 24.2 Å². The molecule has 1 unspecified atom stereocenters. The summed E-state index contributed by atoms with van der Waals surface area (Å²) >= 11 is 1.67. The lowest BCUT2D eigenvalue weighted by molar-refractivity contribution is 0.0681. The van der Waals surface area contributed by atoms with Crippen LogP contribution in [0, 0.1) is 0 Å². The molecular formula is C18H21N3O3S. The number of thiazole rings is 1. The fourth-order valence-electron chi connectivity index (χ4n) is 2.95. The molecule has 0 radical (unpaired) electrons. The number of hydrogen-bond acceptors (Lipinski definition) is 5. The zero-order valence-electron chi connectivity index (χ0n) is 14.3. The molecule has 1 aliphatic heterocycles. The van der Waals surface area contributed by atoms with E-state index in [1.807, 2.05) is 4.90 Å². The minimum Gasteiger partial charge on any atom is -0.477 e. The van der Waals surface area contributed by atoms with Crippen LogP contribution in [0.2, 0.25) is 0 Å². The van der Waals surface area contributed by atoms with Gasteiger partial charge in [0.2, 0.25) is 0 Å². The van der Waals surface area contributed by atoms with Crippen molar-refractivity contribution in [1.29, 1.82) is 0 Å². The van der Waals surface area contributed by atoms with Gasteiger partial charge in [-0.2, -0.15) is 0 Å². The summed E-state index contributed by atoms with van der Waals surface area (Å²) in [4.78, 5) is 34.0. The summed E-state index contributed by atoms with van der Waals surface area (Å²) in [6.45, 7) is 5.61. The van der Waals surface area contributed by atoms with E-state index in [1.54, 1.807) is 11.3 Å². The fraction of sp³-hybridized carbons (Fsp3) is 0.444. The number of piperidine rings is 1. The number of carbonyl (C=O) groups excluding carboxylic acids is 1. The number of carboxylic acids is 1. The summed E-state index contributed by atoms with van der Waals surface area (Å²) in [5, 5.41) is 12.1. The SMILES string of the molecule is CC(C)c1csc(C2CCCN(C(=O)c3ccc(C(=O)O)nc3)C2)n1. The molecule has 0 aromatic carbocycles. The Bertz CT molecular complexity index is 770. The van der Waals surface area contributed by atoms with Crippen molar-refractivity contribution in [2.24, 2.45) is 0 Å². The topological polar surface area (TPSA) is 83.4 Å². The zero-order valence-corrected chi connectivity index (χ0v) is 15.1. The Balaban J connectivity index is 1.71. The minimum atomic E-state index is -1.10. The highest BCUT2D eigenvalue weighted by molar-refractivity contribution is 7.09. The van der Waals surface area contributed by atoms with Crippen molar-refractivity contribution in [2.75, 3.05) is 13.1 Å². The van der Waals surface area contributed by atoms with E-state index in [9.17, 15) is 9.59 Å². The first kappa shape index (κ1) is 17.5. The Hall–Kier alpha value is -2.28. The normalized spacial score (nSPS) is 17.7. The molecule has 1 N–H and O–H groups in total. The molecule has 7 heteroatoms. The van der Waals surface area contributed by atoms with Gasteiger partial charge >= 0.3 is 5.97 Å². The average molecular weight is 359 g/mol. The third-order valence-electron chi connectivity index (χ3n) is 4.42. The van der Waals surface area contributed by atoms with Gasteiger partial charge in [0.25, 0.3) is 5.91 Å². The van der Waals surface area contributed by atoms with E-state index in [1.165, 1.54) is 18.3 Å². The summed E-state index contributed by atoms with van der Waals surface area (Å²) < 4.78 is 0. The van der Waals surface area contributed by atoms with Crippen molar-refractivity contribution >= 4 is 23.2 Å². The van der Waals surface area contributed by atoms with Crippen LogP contribution >= 0.6 is 11.3 Å². The smallest absolute Gasteiger partial charge is 0.354 e. The van der Waals surface area contributed by atoms with Crippen LogP contribution in [0.15, 0.2) is 23.7 Å². The van der Waals surface area contributed by atoms with Crippen LogP contribution in [0.4, 0.5) is 0 Å². The van der Waals surface area contributed by atoms with Crippen LogP contribution in [0.25, 0.3) is 0 Å². The van der Waals surface area contributed by atoms with Crippen LogP contribution in [-0.4, -0.2) is 44.9 Å². The molecule has 3 rings (SSSR count). The Kier molecular flexibility index (Phi) is 5.13. The summed E-state index contributed by atoms with van der Waals surface area (Å²) in [5.41, 5.74) is 1.47. The van der Waals surface area contributed by atoms with Crippen molar-refractivity contribution in [1.82, 2.24) is 14.9 Å². The van der Waals surface area contributed by atoms with Crippen molar-refractivity contribution in [3.05, 3.63) is 45.7 Å². The lowest BCUT2D eigenvalue weighted by atomic mass is 9.98. The molecule has 1 saturated heterocycles. The van der Waals surface area contributed by atoms with Gasteiger partial charge in [0, 0.05) is 30.6 Å². The van der Waals surface area contributed by atoms with E-state index in [0.29, 0.717) is 24.6 Å². The lowest BCUT2D eigenvalue weighted by Crippen LogP contribution is -2.39. The number of nitrogens with zero attached hydrogens (tertiary/aromatic N) is 3. The van der Waals surface area contributed by atoms with Gasteiger partial charge in [0.1, 0.15) is 5.69 Å². The number of rotatable bonds is 4. The van der Waals surface area contributed by atoms with Crippen LogP contribution in [-0.2, 0) is 0 Å². The molecule has 132 valence electrons. The van der Waals surface area contributed by atoms with Gasteiger partial charge in [-0.05, 0) is 30.9 Å². The molecule has 1 amide bonds. The second-order valence-electron chi connectivity index (χ2n) is 6.59. The van der Waals surface area contributed by atoms with Gasteiger partial charge in [-0.3, -0.25) is 4.79 Å². The molecule has 6 nitrogen and oxygen atoms in total. The molecule has 25 heavy (non-hydrogen) atoms. The zero-order chi connectivity index (χ0) is 18.0. The Morgan fingerprint density at radius 3 is 2.76 bits per heavy atom. The highest BCUT2D eigenvalue weighted by Gasteiger charge is 2.27. The standard InChI is InChI=1S/C18H21N3O3S/c1-11(2)15-10-25-16(20-15)13-4-3-7-21(9-13)17(22)12-5-6-14(18(23)24)19-8-12/h5-6,8,10-11,13H,3-4,7,9H2,1-2H3,(H,23,24). The maximum atomic E-state index is 12.7. The van der Waals surface area contributed by atoms with Crippen molar-refractivity contribution < 1.29 is 14.7 Å². The third-order valence-corrected chi connectivity index (χ3v) is 5.44. The number of aromatic carboxylic acids is 1. The molecule has 0 spiro atoms. The summed E-state index contributed by atoms with van der Waals surface area (Å²) in [7, 11) is 0. The number of likely N-dealkylation sites (tertiary alicyclic amines) is 1. The van der Waals surface area contributed by atoms with Gasteiger partial charge in [0.15, 0.2) is 0 Å². The Morgan fingerprint density at radius 2 is 2.16 bits per heavy atom. The van der Waals surface area contributed by atoms with E-state index < -0.39 is 5.97 Å². The van der Waals surface area contributed by atoms with Crippen LogP contribution < -0.4 is 0 Å². The number of aromatic nitrogens is 2. The van der Waals surface area contributed by atoms with Gasteiger partial charge in [-0.15, -0.1) is 11.3 Å². The van der Waals surface area contributed by atoms with Gasteiger partial charge in [0.05, 0.1) is 16.3 Å². The van der Waals surface area contributed by atoms with Crippen LogP contribution in [0.1, 0.15) is 70.1 Å². The van der Waals surface area contributed by atoms with Crippen molar-refractivity contribution in [2.45, 2.75) is 38.5 Å². The lowest BCUT2D eigenvalue weighted by Gasteiger charge is -2.31. The molecule has 0 aliphatic carbocycles. The van der Waals surface area contributed by atoms with Crippen molar-refractivity contribution in [3.8, 4) is 0 Å². The van der Waals surface area contributed by atoms with Gasteiger partial charge in [-0.1, -0.05) is 13.8 Å². The average Bonchev–Trinajstić information content (AvgIpc) is 3.12. The number of amides is 1. The predicted molar refractivity (Wildman–Crippen MR) is 95.3 cm³/mol. The van der Waals surface area contributed by atoms with Crippen LogP contribution in [0.3, 0.4) is 0 Å². The molecular weight excluding hydrogens is 338 g/mol. The number of carboxylic acid groups (broad SMARTS) is 1. The molecule has 3 heterocycles. The highest BCUT2D eigenvalue weighted by Crippen LogP contribution is 2.31. The number of carbonyl (C=O) groups is 2. The Morgan fingerprint density at radius 1 is 1.36 bits per heavy atom. The molecule has 2 aromatic heterocycles. The van der Waals surface area contributed by atoms with Crippen LogP contribution in [0.5, 0.6) is 0 Å². The molecule has 2 aromatic rings. The monoisotopic (exact) mass is 359 g/mol. The molecule has 1 fully saturated rings. The maximum Gasteiger partial charge on any atom is 0.354 e. The molecule has 1 atom stereocenters. The first-order valence-corrected chi connectivity index (χ1v) is 9.27. The maximum absolute atomic E-state index is 12.7.